The zero-order valence-electron chi connectivity index (χ0n) is 16.6. The molecule has 0 spiro atoms. The molecule has 1 heterocycles. The molecule has 1 N–H and O–H groups in total. The Bertz CT molecular complexity index is 728. The third-order valence-electron chi connectivity index (χ3n) is 5.28. The Morgan fingerprint density at radius 3 is 2.43 bits per heavy atom. The van der Waals surface area contributed by atoms with Gasteiger partial charge in [-0.1, -0.05) is 42.5 Å². The van der Waals surface area contributed by atoms with Gasteiger partial charge in [-0.2, -0.15) is 0 Å². The fraction of sp³-hybridized carbons (Fsp3) is 0.435. The predicted molar refractivity (Wildman–Crippen MR) is 111 cm³/mol. The molecule has 0 radical (unpaired) electrons. The molecule has 5 heteroatoms. The van der Waals surface area contributed by atoms with Crippen molar-refractivity contribution < 1.29 is 14.3 Å². The van der Waals surface area contributed by atoms with Crippen LogP contribution in [0, 0.1) is 5.92 Å². The number of carbonyl (C=O) groups is 1. The SMILES string of the molecule is COc1ccccc1OCC(=O)NCC1CCN(CCc2ccccc2)CC1. The van der Waals surface area contributed by atoms with Gasteiger partial charge in [-0.3, -0.25) is 4.79 Å². The number of carbonyl (C=O) groups excluding carboxylic acids is 1. The van der Waals surface area contributed by atoms with Crippen LogP contribution in [0.25, 0.3) is 0 Å². The lowest BCUT2D eigenvalue weighted by atomic mass is 9.96. The van der Waals surface area contributed by atoms with Crippen LogP contribution in [0.15, 0.2) is 54.6 Å². The molecule has 1 aliphatic rings. The summed E-state index contributed by atoms with van der Waals surface area (Å²) in [4.78, 5) is 14.6. The molecular formula is C23H30N2O3. The summed E-state index contributed by atoms with van der Waals surface area (Å²) in [7, 11) is 1.59. The van der Waals surface area contributed by atoms with Gasteiger partial charge in [0.05, 0.1) is 7.11 Å². The molecule has 28 heavy (non-hydrogen) atoms. The number of hydrogen-bond acceptors (Lipinski definition) is 4. The van der Waals surface area contributed by atoms with E-state index in [0.29, 0.717) is 17.4 Å². The Balaban J connectivity index is 1.31. The molecule has 5 nitrogen and oxygen atoms in total. The predicted octanol–water partition coefficient (Wildman–Crippen LogP) is 3.14. The first kappa shape index (κ1) is 20.2. The lowest BCUT2D eigenvalue weighted by Gasteiger charge is -2.32. The second-order valence-corrected chi connectivity index (χ2v) is 7.26. The highest BCUT2D eigenvalue weighted by Crippen LogP contribution is 2.25. The molecule has 1 fully saturated rings. The van der Waals surface area contributed by atoms with E-state index in [4.69, 9.17) is 9.47 Å². The second-order valence-electron chi connectivity index (χ2n) is 7.26. The van der Waals surface area contributed by atoms with Crippen LogP contribution in [0.3, 0.4) is 0 Å². The highest BCUT2D eigenvalue weighted by Gasteiger charge is 2.19. The lowest BCUT2D eigenvalue weighted by molar-refractivity contribution is -0.123. The molecule has 0 bridgehead atoms. The first-order chi connectivity index (χ1) is 13.7. The third-order valence-corrected chi connectivity index (χ3v) is 5.28. The molecule has 0 saturated carbocycles. The van der Waals surface area contributed by atoms with Crippen LogP contribution in [-0.2, 0) is 11.2 Å². The summed E-state index contributed by atoms with van der Waals surface area (Å²) in [6.45, 7) is 4.04. The number of para-hydroxylation sites is 2. The molecule has 2 aromatic carbocycles. The Morgan fingerprint density at radius 2 is 1.71 bits per heavy atom. The molecule has 150 valence electrons. The number of nitrogens with zero attached hydrogens (tertiary/aromatic N) is 1. The number of benzene rings is 2. The van der Waals surface area contributed by atoms with E-state index in [-0.39, 0.29) is 12.5 Å². The van der Waals surface area contributed by atoms with E-state index in [0.717, 1.165) is 45.4 Å². The van der Waals surface area contributed by atoms with E-state index in [1.54, 1.807) is 13.2 Å². The minimum Gasteiger partial charge on any atom is -0.493 e. The molecule has 0 unspecified atom stereocenters. The van der Waals surface area contributed by atoms with Crippen molar-refractivity contribution in [1.82, 2.24) is 10.2 Å². The monoisotopic (exact) mass is 382 g/mol. The number of methoxy groups -OCH3 is 1. The number of amides is 1. The summed E-state index contributed by atoms with van der Waals surface area (Å²) in [6, 6.07) is 18.0. The number of nitrogens with one attached hydrogen (secondary N) is 1. The average Bonchev–Trinajstić information content (AvgIpc) is 2.76. The summed E-state index contributed by atoms with van der Waals surface area (Å²) in [5.74, 6) is 1.69. The maximum atomic E-state index is 12.1. The van der Waals surface area contributed by atoms with Crippen LogP contribution >= 0.6 is 0 Å². The maximum Gasteiger partial charge on any atom is 0.257 e. The maximum absolute atomic E-state index is 12.1. The van der Waals surface area contributed by atoms with Gasteiger partial charge < -0.3 is 19.7 Å². The van der Waals surface area contributed by atoms with Crippen LogP contribution in [-0.4, -0.2) is 50.7 Å². The molecule has 0 aliphatic carbocycles. The van der Waals surface area contributed by atoms with E-state index in [1.807, 2.05) is 18.2 Å². The molecule has 1 amide bonds. The molecule has 1 saturated heterocycles. The third kappa shape index (κ3) is 6.27. The number of hydrogen-bond donors (Lipinski definition) is 1. The largest absolute Gasteiger partial charge is 0.493 e. The van der Waals surface area contributed by atoms with Crippen LogP contribution in [0.2, 0.25) is 0 Å². The van der Waals surface area contributed by atoms with Crippen molar-refractivity contribution in [1.29, 1.82) is 0 Å². The van der Waals surface area contributed by atoms with Gasteiger partial charge in [-0.25, -0.2) is 0 Å². The van der Waals surface area contributed by atoms with Crippen LogP contribution in [0.5, 0.6) is 11.5 Å². The first-order valence-corrected chi connectivity index (χ1v) is 10.0. The highest BCUT2D eigenvalue weighted by molar-refractivity contribution is 5.77. The van der Waals surface area contributed by atoms with Crippen molar-refractivity contribution in [2.45, 2.75) is 19.3 Å². The van der Waals surface area contributed by atoms with Crippen LogP contribution < -0.4 is 14.8 Å². The second kappa shape index (κ2) is 10.7. The van der Waals surface area contributed by atoms with Crippen molar-refractivity contribution in [3.63, 3.8) is 0 Å². The molecular weight excluding hydrogens is 352 g/mol. The molecule has 1 aliphatic heterocycles. The summed E-state index contributed by atoms with van der Waals surface area (Å²) >= 11 is 0. The zero-order valence-corrected chi connectivity index (χ0v) is 16.6. The summed E-state index contributed by atoms with van der Waals surface area (Å²) < 4.78 is 10.8. The van der Waals surface area contributed by atoms with Gasteiger partial charge in [0, 0.05) is 13.1 Å². The Labute approximate surface area is 167 Å². The van der Waals surface area contributed by atoms with E-state index in [9.17, 15) is 4.79 Å². The highest BCUT2D eigenvalue weighted by atomic mass is 16.5. The molecule has 2 aromatic rings. The first-order valence-electron chi connectivity index (χ1n) is 10.0. The minimum absolute atomic E-state index is 0.0102. The Morgan fingerprint density at radius 1 is 1.04 bits per heavy atom. The standard InChI is InChI=1S/C23H30N2O3/c1-27-21-9-5-6-10-22(21)28-18-23(26)24-17-20-12-15-25(16-13-20)14-11-19-7-3-2-4-8-19/h2-10,20H,11-18H2,1H3,(H,24,26). The van der Waals surface area contributed by atoms with E-state index < -0.39 is 0 Å². The summed E-state index contributed by atoms with van der Waals surface area (Å²) in [6.07, 6.45) is 3.35. The smallest absolute Gasteiger partial charge is 0.257 e. The van der Waals surface area contributed by atoms with Gasteiger partial charge >= 0.3 is 0 Å². The number of piperidine rings is 1. The van der Waals surface area contributed by atoms with E-state index in [1.165, 1.54) is 5.56 Å². The normalized spacial score (nSPS) is 15.2. The van der Waals surface area contributed by atoms with Crippen molar-refractivity contribution in [3.8, 4) is 11.5 Å². The van der Waals surface area contributed by atoms with Gasteiger partial charge in [-0.15, -0.1) is 0 Å². The van der Waals surface area contributed by atoms with Crippen molar-refractivity contribution in [2.24, 2.45) is 5.92 Å². The van der Waals surface area contributed by atoms with Gasteiger partial charge in [-0.05, 0) is 56.0 Å². The minimum atomic E-state index is -0.0857. The number of ether oxygens (including phenoxy) is 2. The Hall–Kier alpha value is -2.53. The summed E-state index contributed by atoms with van der Waals surface area (Å²) in [5, 5.41) is 3.01. The van der Waals surface area contributed by atoms with Gasteiger partial charge in [0.25, 0.3) is 5.91 Å². The van der Waals surface area contributed by atoms with Crippen molar-refractivity contribution >= 4 is 5.91 Å². The van der Waals surface area contributed by atoms with Crippen LogP contribution in [0.1, 0.15) is 18.4 Å². The molecule has 0 atom stereocenters. The molecule has 3 rings (SSSR count). The quantitative estimate of drug-likeness (QED) is 0.724. The van der Waals surface area contributed by atoms with Gasteiger partial charge in [0.15, 0.2) is 18.1 Å². The number of rotatable bonds is 9. The van der Waals surface area contributed by atoms with Crippen LogP contribution in [0.4, 0.5) is 0 Å². The molecule has 0 aromatic heterocycles. The van der Waals surface area contributed by atoms with Crippen molar-refractivity contribution in [2.75, 3.05) is 39.9 Å². The lowest BCUT2D eigenvalue weighted by Crippen LogP contribution is -2.40. The van der Waals surface area contributed by atoms with Gasteiger partial charge in [0.1, 0.15) is 0 Å². The van der Waals surface area contributed by atoms with Gasteiger partial charge in [0.2, 0.25) is 0 Å². The topological polar surface area (TPSA) is 50.8 Å². The number of likely N-dealkylation sites (tertiary alicyclic amines) is 1. The zero-order chi connectivity index (χ0) is 19.6. The summed E-state index contributed by atoms with van der Waals surface area (Å²) in [5.41, 5.74) is 1.40. The van der Waals surface area contributed by atoms with Crippen molar-refractivity contribution in [3.05, 3.63) is 60.2 Å². The Kier molecular flexibility index (Phi) is 7.73. The average molecular weight is 383 g/mol. The fourth-order valence-electron chi connectivity index (χ4n) is 3.54. The van der Waals surface area contributed by atoms with E-state index in [2.05, 4.69) is 40.5 Å². The van der Waals surface area contributed by atoms with E-state index >= 15 is 0 Å². The fourth-order valence-corrected chi connectivity index (χ4v) is 3.54.